The van der Waals surface area contributed by atoms with E-state index < -0.39 is 0 Å². The highest BCUT2D eigenvalue weighted by molar-refractivity contribution is 5.76. The lowest BCUT2D eigenvalue weighted by molar-refractivity contribution is 0.199. The van der Waals surface area contributed by atoms with Crippen molar-refractivity contribution in [3.05, 3.63) is 29.6 Å². The number of nitrogens with zero attached hydrogens (tertiary/aromatic N) is 2. The minimum Gasteiger partial charge on any atom is -0.383 e. The Kier molecular flexibility index (Phi) is 4.33. The molecule has 0 unspecified atom stereocenters. The number of methoxy groups -OCH3 is 1. The summed E-state index contributed by atoms with van der Waals surface area (Å²) in [5.41, 5.74) is 3.55. The first-order valence-corrected chi connectivity index (χ1v) is 6.41. The maximum atomic E-state index is 5.02. The standard InChI is InChI=1S/C14H21N3O/c1-4-17-13-6-5-11(2)9-12(13)16-14(17)10-15-7-8-18-3/h5-6,9,15H,4,7-8,10H2,1-3H3. The number of hydrogen-bond donors (Lipinski definition) is 1. The SMILES string of the molecule is CCn1c(CNCCOC)nc2cc(C)ccc21. The predicted molar refractivity (Wildman–Crippen MR) is 73.7 cm³/mol. The van der Waals surface area contributed by atoms with Gasteiger partial charge in [-0.2, -0.15) is 0 Å². The van der Waals surface area contributed by atoms with Gasteiger partial charge in [-0.25, -0.2) is 4.98 Å². The first kappa shape index (κ1) is 13.1. The second-order valence-corrected chi connectivity index (χ2v) is 4.43. The van der Waals surface area contributed by atoms with Crippen LogP contribution >= 0.6 is 0 Å². The first-order chi connectivity index (χ1) is 8.76. The highest BCUT2D eigenvalue weighted by atomic mass is 16.5. The zero-order chi connectivity index (χ0) is 13.0. The summed E-state index contributed by atoms with van der Waals surface area (Å²) in [6.07, 6.45) is 0. The van der Waals surface area contributed by atoms with Crippen molar-refractivity contribution in [1.82, 2.24) is 14.9 Å². The lowest BCUT2D eigenvalue weighted by Gasteiger charge is -2.07. The molecule has 4 nitrogen and oxygen atoms in total. The van der Waals surface area contributed by atoms with E-state index in [1.165, 1.54) is 11.1 Å². The highest BCUT2D eigenvalue weighted by Gasteiger charge is 2.08. The van der Waals surface area contributed by atoms with Gasteiger partial charge in [0, 0.05) is 20.2 Å². The number of imidazole rings is 1. The summed E-state index contributed by atoms with van der Waals surface area (Å²) in [7, 11) is 1.71. The van der Waals surface area contributed by atoms with Crippen LogP contribution < -0.4 is 5.32 Å². The van der Waals surface area contributed by atoms with Crippen LogP contribution in [0.25, 0.3) is 11.0 Å². The molecular formula is C14H21N3O. The van der Waals surface area contributed by atoms with Crippen LogP contribution in [0.4, 0.5) is 0 Å². The molecular weight excluding hydrogens is 226 g/mol. The summed E-state index contributed by atoms with van der Waals surface area (Å²) in [4.78, 5) is 4.70. The molecule has 4 heteroatoms. The molecule has 0 aliphatic carbocycles. The molecule has 0 saturated carbocycles. The van der Waals surface area contributed by atoms with Crippen LogP contribution in [0.15, 0.2) is 18.2 Å². The third kappa shape index (κ3) is 2.71. The molecule has 1 N–H and O–H groups in total. The molecule has 0 saturated heterocycles. The molecule has 0 radical (unpaired) electrons. The van der Waals surface area contributed by atoms with Crippen molar-refractivity contribution in [1.29, 1.82) is 0 Å². The van der Waals surface area contributed by atoms with Gasteiger partial charge in [0.2, 0.25) is 0 Å². The normalized spacial score (nSPS) is 11.3. The fourth-order valence-corrected chi connectivity index (χ4v) is 2.15. The predicted octanol–water partition coefficient (Wildman–Crippen LogP) is 2.10. The summed E-state index contributed by atoms with van der Waals surface area (Å²) in [5.74, 6) is 1.09. The van der Waals surface area contributed by atoms with E-state index in [0.29, 0.717) is 0 Å². The molecule has 98 valence electrons. The maximum absolute atomic E-state index is 5.02. The topological polar surface area (TPSA) is 39.1 Å². The number of aryl methyl sites for hydroxylation is 2. The molecule has 0 aliphatic heterocycles. The van der Waals surface area contributed by atoms with Gasteiger partial charge in [-0.3, -0.25) is 0 Å². The molecule has 2 aromatic rings. The summed E-state index contributed by atoms with van der Waals surface area (Å²) >= 11 is 0. The van der Waals surface area contributed by atoms with Crippen LogP contribution in [-0.2, 0) is 17.8 Å². The van der Waals surface area contributed by atoms with E-state index in [2.05, 4.69) is 41.9 Å². The van der Waals surface area contributed by atoms with Crippen molar-refractivity contribution in [2.45, 2.75) is 26.9 Å². The van der Waals surface area contributed by atoms with Crippen LogP contribution in [-0.4, -0.2) is 29.8 Å². The number of rotatable bonds is 6. The number of aromatic nitrogens is 2. The number of benzene rings is 1. The Balaban J connectivity index is 2.21. The van der Waals surface area contributed by atoms with Crippen LogP contribution in [0, 0.1) is 6.92 Å². The van der Waals surface area contributed by atoms with E-state index >= 15 is 0 Å². The average Bonchev–Trinajstić information content (AvgIpc) is 2.71. The average molecular weight is 247 g/mol. The minimum absolute atomic E-state index is 0.728. The van der Waals surface area contributed by atoms with E-state index in [0.717, 1.165) is 37.6 Å². The summed E-state index contributed by atoms with van der Waals surface area (Å²) in [6, 6.07) is 6.43. The van der Waals surface area contributed by atoms with Gasteiger partial charge in [0.25, 0.3) is 0 Å². The molecule has 2 rings (SSSR count). The lowest BCUT2D eigenvalue weighted by Crippen LogP contribution is -2.21. The molecule has 0 amide bonds. The third-order valence-electron chi connectivity index (χ3n) is 3.07. The van der Waals surface area contributed by atoms with E-state index in [4.69, 9.17) is 9.72 Å². The summed E-state index contributed by atoms with van der Waals surface area (Å²) < 4.78 is 7.28. The van der Waals surface area contributed by atoms with Crippen molar-refractivity contribution >= 4 is 11.0 Å². The summed E-state index contributed by atoms with van der Waals surface area (Å²) in [5, 5.41) is 3.34. The fraction of sp³-hybridized carbons (Fsp3) is 0.500. The highest BCUT2D eigenvalue weighted by Crippen LogP contribution is 2.17. The van der Waals surface area contributed by atoms with E-state index in [1.807, 2.05) is 0 Å². The van der Waals surface area contributed by atoms with Crippen molar-refractivity contribution < 1.29 is 4.74 Å². The Morgan fingerprint density at radius 1 is 1.39 bits per heavy atom. The quantitative estimate of drug-likeness (QED) is 0.795. The van der Waals surface area contributed by atoms with Crippen LogP contribution in [0.1, 0.15) is 18.3 Å². The van der Waals surface area contributed by atoms with Crippen molar-refractivity contribution in [2.24, 2.45) is 0 Å². The molecule has 1 aromatic carbocycles. The largest absolute Gasteiger partial charge is 0.383 e. The fourth-order valence-electron chi connectivity index (χ4n) is 2.15. The van der Waals surface area contributed by atoms with Crippen LogP contribution in [0.2, 0.25) is 0 Å². The number of fused-ring (bicyclic) bond motifs is 1. The maximum Gasteiger partial charge on any atom is 0.123 e. The zero-order valence-electron chi connectivity index (χ0n) is 11.4. The first-order valence-electron chi connectivity index (χ1n) is 6.41. The lowest BCUT2D eigenvalue weighted by atomic mass is 10.2. The Labute approximate surface area is 108 Å². The smallest absolute Gasteiger partial charge is 0.123 e. The van der Waals surface area contributed by atoms with E-state index in [-0.39, 0.29) is 0 Å². The van der Waals surface area contributed by atoms with E-state index in [1.54, 1.807) is 7.11 Å². The molecule has 1 heterocycles. The molecule has 0 atom stereocenters. The Morgan fingerprint density at radius 3 is 2.94 bits per heavy atom. The molecule has 18 heavy (non-hydrogen) atoms. The second kappa shape index (κ2) is 5.98. The van der Waals surface area contributed by atoms with Gasteiger partial charge in [0.15, 0.2) is 0 Å². The van der Waals surface area contributed by atoms with E-state index in [9.17, 15) is 0 Å². The Morgan fingerprint density at radius 2 is 2.22 bits per heavy atom. The Hall–Kier alpha value is -1.39. The van der Waals surface area contributed by atoms with Gasteiger partial charge in [-0.1, -0.05) is 6.07 Å². The van der Waals surface area contributed by atoms with Gasteiger partial charge >= 0.3 is 0 Å². The summed E-state index contributed by atoms with van der Waals surface area (Å²) in [6.45, 7) is 7.56. The molecule has 0 spiro atoms. The molecule has 0 bridgehead atoms. The molecule has 0 aliphatic rings. The monoisotopic (exact) mass is 247 g/mol. The molecule has 0 fully saturated rings. The van der Waals surface area contributed by atoms with Crippen LogP contribution in [0.3, 0.4) is 0 Å². The van der Waals surface area contributed by atoms with Gasteiger partial charge in [-0.15, -0.1) is 0 Å². The van der Waals surface area contributed by atoms with Gasteiger partial charge < -0.3 is 14.6 Å². The third-order valence-corrected chi connectivity index (χ3v) is 3.07. The Bertz CT molecular complexity index is 519. The second-order valence-electron chi connectivity index (χ2n) is 4.43. The zero-order valence-corrected chi connectivity index (χ0v) is 11.4. The van der Waals surface area contributed by atoms with Crippen molar-refractivity contribution in [3.8, 4) is 0 Å². The van der Waals surface area contributed by atoms with Crippen molar-refractivity contribution in [3.63, 3.8) is 0 Å². The number of nitrogens with one attached hydrogen (secondary N) is 1. The molecule has 1 aromatic heterocycles. The van der Waals surface area contributed by atoms with Crippen LogP contribution in [0.5, 0.6) is 0 Å². The number of hydrogen-bond acceptors (Lipinski definition) is 3. The van der Waals surface area contributed by atoms with Gasteiger partial charge in [-0.05, 0) is 31.5 Å². The minimum atomic E-state index is 0.728. The number of ether oxygens (including phenoxy) is 1. The van der Waals surface area contributed by atoms with Gasteiger partial charge in [0.05, 0.1) is 24.2 Å². The van der Waals surface area contributed by atoms with Crippen molar-refractivity contribution in [2.75, 3.05) is 20.3 Å². The van der Waals surface area contributed by atoms with Gasteiger partial charge in [0.1, 0.15) is 5.82 Å².